The molecule has 0 fully saturated rings. The molecule has 13 heavy (non-hydrogen) atoms. The predicted molar refractivity (Wildman–Crippen MR) is 55.6 cm³/mol. The Balaban J connectivity index is 2.41. The number of hydrogen-bond donors (Lipinski definition) is 1. The van der Waals surface area contributed by atoms with E-state index in [9.17, 15) is 0 Å². The number of aliphatic hydroxyl groups is 1. The lowest BCUT2D eigenvalue weighted by atomic mass is 10.4. The van der Waals surface area contributed by atoms with Gasteiger partial charge in [-0.15, -0.1) is 11.3 Å². The van der Waals surface area contributed by atoms with Crippen molar-refractivity contribution in [3.63, 3.8) is 0 Å². The van der Waals surface area contributed by atoms with Crippen LogP contribution in [0.3, 0.4) is 0 Å². The third kappa shape index (κ3) is 1.70. The van der Waals surface area contributed by atoms with Gasteiger partial charge in [0.25, 0.3) is 0 Å². The quantitative estimate of drug-likeness (QED) is 0.897. The Morgan fingerprint density at radius 3 is 2.77 bits per heavy atom. The smallest absolute Gasteiger partial charge is 0.145 e. The minimum absolute atomic E-state index is 0.0526. The van der Waals surface area contributed by atoms with Crippen molar-refractivity contribution in [3.8, 4) is 10.6 Å². The van der Waals surface area contributed by atoms with E-state index in [1.807, 2.05) is 17.5 Å². The zero-order valence-corrected chi connectivity index (χ0v) is 9.06. The average molecular weight is 259 g/mol. The van der Waals surface area contributed by atoms with E-state index in [0.29, 0.717) is 5.76 Å². The molecule has 0 saturated heterocycles. The Bertz CT molecular complexity index is 405. The van der Waals surface area contributed by atoms with Gasteiger partial charge in [0.1, 0.15) is 18.1 Å². The molecular formula is C9H7BrO2S. The van der Waals surface area contributed by atoms with Crippen LogP contribution in [0, 0.1) is 0 Å². The van der Waals surface area contributed by atoms with Crippen LogP contribution in [0.25, 0.3) is 10.6 Å². The molecule has 0 spiro atoms. The fourth-order valence-electron chi connectivity index (χ4n) is 1.05. The topological polar surface area (TPSA) is 33.4 Å². The highest BCUT2D eigenvalue weighted by atomic mass is 79.9. The van der Waals surface area contributed by atoms with Crippen molar-refractivity contribution in [2.75, 3.05) is 0 Å². The fraction of sp³-hybridized carbons (Fsp3) is 0.111. The SMILES string of the molecule is OCc1ccc(-c2sccc2Br)o1. The summed E-state index contributed by atoms with van der Waals surface area (Å²) in [6.45, 7) is -0.0526. The van der Waals surface area contributed by atoms with Gasteiger partial charge in [0.05, 0.1) is 4.88 Å². The van der Waals surface area contributed by atoms with Crippen LogP contribution >= 0.6 is 27.3 Å². The van der Waals surface area contributed by atoms with Crippen molar-refractivity contribution in [1.29, 1.82) is 0 Å². The molecule has 68 valence electrons. The van der Waals surface area contributed by atoms with Crippen molar-refractivity contribution in [2.24, 2.45) is 0 Å². The van der Waals surface area contributed by atoms with Crippen molar-refractivity contribution >= 4 is 27.3 Å². The van der Waals surface area contributed by atoms with Crippen LogP contribution in [0.2, 0.25) is 0 Å². The van der Waals surface area contributed by atoms with Gasteiger partial charge in [-0.1, -0.05) is 0 Å². The van der Waals surface area contributed by atoms with Crippen LogP contribution in [0.4, 0.5) is 0 Å². The van der Waals surface area contributed by atoms with Crippen LogP contribution < -0.4 is 0 Å². The number of halogens is 1. The Hall–Kier alpha value is -0.580. The molecule has 0 atom stereocenters. The summed E-state index contributed by atoms with van der Waals surface area (Å²) in [7, 11) is 0. The van der Waals surface area contributed by atoms with E-state index in [-0.39, 0.29) is 6.61 Å². The molecule has 0 bridgehead atoms. The van der Waals surface area contributed by atoms with E-state index in [1.165, 1.54) is 0 Å². The molecule has 0 aliphatic rings. The number of aliphatic hydroxyl groups excluding tert-OH is 1. The molecule has 2 nitrogen and oxygen atoms in total. The van der Waals surface area contributed by atoms with E-state index in [1.54, 1.807) is 17.4 Å². The van der Waals surface area contributed by atoms with Crippen molar-refractivity contribution in [3.05, 3.63) is 33.8 Å². The van der Waals surface area contributed by atoms with Crippen LogP contribution in [0.1, 0.15) is 5.76 Å². The molecule has 4 heteroatoms. The maximum absolute atomic E-state index is 8.82. The Morgan fingerprint density at radius 1 is 1.38 bits per heavy atom. The highest BCUT2D eigenvalue weighted by Crippen LogP contribution is 2.34. The van der Waals surface area contributed by atoms with Crippen LogP contribution in [-0.2, 0) is 6.61 Å². The lowest BCUT2D eigenvalue weighted by molar-refractivity contribution is 0.249. The average Bonchev–Trinajstić information content (AvgIpc) is 2.71. The zero-order valence-electron chi connectivity index (χ0n) is 6.66. The maximum atomic E-state index is 8.82. The van der Waals surface area contributed by atoms with Gasteiger partial charge >= 0.3 is 0 Å². The highest BCUT2D eigenvalue weighted by Gasteiger charge is 2.08. The van der Waals surface area contributed by atoms with E-state index in [4.69, 9.17) is 9.52 Å². The molecule has 0 unspecified atom stereocenters. The van der Waals surface area contributed by atoms with Crippen molar-refractivity contribution < 1.29 is 9.52 Å². The van der Waals surface area contributed by atoms with Crippen molar-refractivity contribution in [1.82, 2.24) is 0 Å². The summed E-state index contributed by atoms with van der Waals surface area (Å²) in [5, 5.41) is 10.8. The zero-order chi connectivity index (χ0) is 9.26. The van der Waals surface area contributed by atoms with Gasteiger partial charge in [-0.2, -0.15) is 0 Å². The number of thiophene rings is 1. The lowest BCUT2D eigenvalue weighted by Gasteiger charge is -1.92. The van der Waals surface area contributed by atoms with Crippen LogP contribution in [0.15, 0.2) is 32.5 Å². The molecule has 2 heterocycles. The molecule has 1 N–H and O–H groups in total. The van der Waals surface area contributed by atoms with Gasteiger partial charge < -0.3 is 9.52 Å². The first kappa shape index (κ1) is 8.99. The molecule has 2 aromatic heterocycles. The molecule has 0 aromatic carbocycles. The van der Waals surface area contributed by atoms with Gasteiger partial charge in [-0.3, -0.25) is 0 Å². The lowest BCUT2D eigenvalue weighted by Crippen LogP contribution is -1.73. The van der Waals surface area contributed by atoms with Crippen LogP contribution in [-0.4, -0.2) is 5.11 Å². The number of rotatable bonds is 2. The van der Waals surface area contributed by atoms with Crippen molar-refractivity contribution in [2.45, 2.75) is 6.61 Å². The summed E-state index contributed by atoms with van der Waals surface area (Å²) < 4.78 is 6.41. The molecule has 0 aliphatic carbocycles. The largest absolute Gasteiger partial charge is 0.458 e. The van der Waals surface area contributed by atoms with E-state index >= 15 is 0 Å². The Morgan fingerprint density at radius 2 is 2.23 bits per heavy atom. The molecular weight excluding hydrogens is 252 g/mol. The second-order valence-corrected chi connectivity index (χ2v) is 4.29. The number of furan rings is 1. The standard InChI is InChI=1S/C9H7BrO2S/c10-7-3-4-13-9(7)8-2-1-6(5-11)12-8/h1-4,11H,5H2. The summed E-state index contributed by atoms with van der Waals surface area (Å²) in [5.74, 6) is 1.39. The maximum Gasteiger partial charge on any atom is 0.145 e. The molecule has 0 saturated carbocycles. The van der Waals surface area contributed by atoms with E-state index in [0.717, 1.165) is 15.1 Å². The summed E-state index contributed by atoms with van der Waals surface area (Å²) in [4.78, 5) is 1.06. The van der Waals surface area contributed by atoms with E-state index in [2.05, 4.69) is 15.9 Å². The first-order valence-electron chi connectivity index (χ1n) is 3.74. The summed E-state index contributed by atoms with van der Waals surface area (Å²) in [6, 6.07) is 5.62. The highest BCUT2D eigenvalue weighted by molar-refractivity contribution is 9.10. The first-order valence-corrected chi connectivity index (χ1v) is 5.41. The minimum Gasteiger partial charge on any atom is -0.458 e. The van der Waals surface area contributed by atoms with Gasteiger partial charge in [0.2, 0.25) is 0 Å². The second kappa shape index (κ2) is 3.65. The normalized spacial score (nSPS) is 10.6. The first-order chi connectivity index (χ1) is 6.31. The van der Waals surface area contributed by atoms with Gasteiger partial charge in [-0.25, -0.2) is 0 Å². The van der Waals surface area contributed by atoms with E-state index < -0.39 is 0 Å². The monoisotopic (exact) mass is 258 g/mol. The third-order valence-electron chi connectivity index (χ3n) is 1.66. The fourth-order valence-corrected chi connectivity index (χ4v) is 2.58. The summed E-state index contributed by atoms with van der Waals surface area (Å²) in [5.41, 5.74) is 0. The molecule has 0 aliphatic heterocycles. The molecule has 2 aromatic rings. The minimum atomic E-state index is -0.0526. The second-order valence-electron chi connectivity index (χ2n) is 2.52. The van der Waals surface area contributed by atoms with Gasteiger partial charge in [0, 0.05) is 4.47 Å². The Kier molecular flexibility index (Phi) is 2.53. The van der Waals surface area contributed by atoms with Crippen LogP contribution in [0.5, 0.6) is 0 Å². The number of hydrogen-bond acceptors (Lipinski definition) is 3. The molecule has 2 rings (SSSR count). The van der Waals surface area contributed by atoms with Gasteiger partial charge in [0.15, 0.2) is 0 Å². The third-order valence-corrected chi connectivity index (χ3v) is 3.51. The predicted octanol–water partition coefficient (Wildman–Crippen LogP) is 3.26. The van der Waals surface area contributed by atoms with Gasteiger partial charge in [-0.05, 0) is 39.5 Å². The Labute approximate surface area is 87.9 Å². The molecule has 0 amide bonds. The molecule has 0 radical (unpaired) electrons. The summed E-state index contributed by atoms with van der Waals surface area (Å²) in [6.07, 6.45) is 0. The summed E-state index contributed by atoms with van der Waals surface area (Å²) >= 11 is 5.03.